The molecule has 9 aromatic rings. The molecule has 0 atom stereocenters. The Morgan fingerprint density at radius 2 is 1.22 bits per heavy atom. The van der Waals surface area contributed by atoms with Gasteiger partial charge in [0, 0.05) is 49.6 Å². The van der Waals surface area contributed by atoms with Gasteiger partial charge < -0.3 is 9.52 Å². The minimum Gasteiger partial charge on any atom is -0.508 e. The molecule has 0 saturated carbocycles. The zero-order valence-electron chi connectivity index (χ0n) is 35.1. The van der Waals surface area contributed by atoms with Crippen molar-refractivity contribution in [2.24, 2.45) is 0 Å². The minimum atomic E-state index is -0.237. The van der Waals surface area contributed by atoms with Crippen molar-refractivity contribution in [2.75, 3.05) is 0 Å². The SMILES string of the molecule is Cc1cc(C(C)(C)C)cc(C)c1-n1c(-c2cc(C(C)(C)C)cc(-c3ccc4oc5c6c(c[c-]c5c4n3)C3c4ccccc4C6c4ccccc43)c2O)nc2ccccc21.[Pt]. The van der Waals surface area contributed by atoms with E-state index in [1.807, 2.05) is 24.3 Å². The van der Waals surface area contributed by atoms with Crippen molar-refractivity contribution in [2.45, 2.75) is 78.1 Å². The van der Waals surface area contributed by atoms with Gasteiger partial charge in [0.1, 0.15) is 11.6 Å². The number of hydrogen-bond donors (Lipinski definition) is 1. The van der Waals surface area contributed by atoms with Crippen LogP contribution in [0.15, 0.2) is 120 Å². The van der Waals surface area contributed by atoms with Crippen molar-refractivity contribution in [1.82, 2.24) is 14.5 Å². The Morgan fingerprint density at radius 1 is 0.650 bits per heavy atom. The molecule has 6 aromatic carbocycles. The number of furan rings is 1. The maximum Gasteiger partial charge on any atom is 0.149 e. The molecule has 0 unspecified atom stereocenters. The van der Waals surface area contributed by atoms with Crippen molar-refractivity contribution >= 4 is 33.1 Å². The number of rotatable bonds is 3. The molecule has 3 aromatic heterocycles. The van der Waals surface area contributed by atoms with Gasteiger partial charge in [-0.15, -0.1) is 17.7 Å². The normalized spacial score (nSPS) is 15.6. The topological polar surface area (TPSA) is 64.1 Å². The Bertz CT molecular complexity index is 3180. The number of imidazole rings is 1. The van der Waals surface area contributed by atoms with E-state index >= 15 is 0 Å². The first-order chi connectivity index (χ1) is 28.3. The quantitative estimate of drug-likeness (QED) is 0.179. The molecule has 3 aliphatic rings. The fraction of sp³-hybridized carbons (Fsp3) is 0.222. The van der Waals surface area contributed by atoms with E-state index in [1.54, 1.807) is 0 Å². The summed E-state index contributed by atoms with van der Waals surface area (Å²) >= 11 is 0. The first-order valence-corrected chi connectivity index (χ1v) is 20.7. The second-order valence-electron chi connectivity index (χ2n) is 18.8. The number of benzene rings is 6. The molecule has 12 rings (SSSR count). The monoisotopic (exact) mass is 963 g/mol. The van der Waals surface area contributed by atoms with Gasteiger partial charge in [0.15, 0.2) is 0 Å². The van der Waals surface area contributed by atoms with Crippen LogP contribution in [0, 0.1) is 19.9 Å². The fourth-order valence-electron chi connectivity index (χ4n) is 10.0. The molecule has 5 nitrogen and oxygen atoms in total. The van der Waals surface area contributed by atoms with Crippen molar-refractivity contribution in [3.63, 3.8) is 0 Å². The van der Waals surface area contributed by atoms with Gasteiger partial charge in [0.2, 0.25) is 0 Å². The van der Waals surface area contributed by atoms with Gasteiger partial charge in [-0.2, -0.15) is 0 Å². The molecule has 1 N–H and O–H groups in total. The van der Waals surface area contributed by atoms with E-state index in [1.165, 1.54) is 38.9 Å². The summed E-state index contributed by atoms with van der Waals surface area (Å²) in [6.07, 6.45) is 0. The zero-order chi connectivity index (χ0) is 40.7. The van der Waals surface area contributed by atoms with Gasteiger partial charge in [0.05, 0.1) is 33.6 Å². The van der Waals surface area contributed by atoms with E-state index in [9.17, 15) is 5.11 Å². The van der Waals surface area contributed by atoms with Crippen LogP contribution in [0.5, 0.6) is 5.75 Å². The van der Waals surface area contributed by atoms with Crippen LogP contribution < -0.4 is 0 Å². The summed E-state index contributed by atoms with van der Waals surface area (Å²) in [4.78, 5) is 10.6. The molecule has 0 saturated heterocycles. The Labute approximate surface area is 365 Å². The molecule has 0 aliphatic heterocycles. The predicted octanol–water partition coefficient (Wildman–Crippen LogP) is 13.4. The Kier molecular flexibility index (Phi) is 8.56. The molecule has 3 heterocycles. The molecular weight excluding hydrogens is 918 g/mol. The Morgan fingerprint density at radius 3 is 1.85 bits per heavy atom. The van der Waals surface area contributed by atoms with E-state index in [-0.39, 0.29) is 49.5 Å². The summed E-state index contributed by atoms with van der Waals surface area (Å²) in [6, 6.07) is 44.5. The third-order valence-corrected chi connectivity index (χ3v) is 12.9. The summed E-state index contributed by atoms with van der Waals surface area (Å²) < 4.78 is 9.04. The summed E-state index contributed by atoms with van der Waals surface area (Å²) in [7, 11) is 0. The van der Waals surface area contributed by atoms with Crippen molar-refractivity contribution < 1.29 is 30.6 Å². The van der Waals surface area contributed by atoms with Gasteiger partial charge in [-0.25, -0.2) is 4.98 Å². The van der Waals surface area contributed by atoms with Crippen LogP contribution in [0.4, 0.5) is 0 Å². The standard InChI is InChI=1S/C54H46N3O2.Pt/c1-29-25-31(53(3,4)5)26-30(2)49(29)57-43-20-14-13-19-42(43)56-52(57)40-28-32(54(6,7)8)27-39(50(40)58)41-23-24-44-48(55-41)38-22-21-37-45-33-15-9-11-17-35(33)46(47(37)51(38)59-44)36-18-12-10-16-34(36)45;/h9-21,23-28,45-46,58H,1-8H3;/q-1;. The van der Waals surface area contributed by atoms with E-state index < -0.39 is 0 Å². The van der Waals surface area contributed by atoms with E-state index in [0.717, 1.165) is 49.9 Å². The van der Waals surface area contributed by atoms with E-state index in [4.69, 9.17) is 14.4 Å². The second-order valence-corrected chi connectivity index (χ2v) is 18.8. The second kappa shape index (κ2) is 13.4. The Balaban J connectivity index is 0.00000433. The molecule has 6 heteroatoms. The molecule has 300 valence electrons. The van der Waals surface area contributed by atoms with Gasteiger partial charge in [-0.3, -0.25) is 9.55 Å². The molecule has 0 fully saturated rings. The number of fused-ring (bicyclic) bond motifs is 4. The third-order valence-electron chi connectivity index (χ3n) is 12.9. The fourth-order valence-corrected chi connectivity index (χ4v) is 10.0. The Hall–Kier alpha value is -5.77. The maximum atomic E-state index is 12.6. The smallest absolute Gasteiger partial charge is 0.149 e. The van der Waals surface area contributed by atoms with Crippen LogP contribution in [0.3, 0.4) is 0 Å². The van der Waals surface area contributed by atoms with Crippen LogP contribution in [0.1, 0.15) is 109 Å². The third kappa shape index (κ3) is 5.54. The molecular formula is C54H46N3O2Pt-. The summed E-state index contributed by atoms with van der Waals surface area (Å²) in [5.74, 6) is 1.02. The number of nitrogens with zero attached hydrogens (tertiary/aromatic N) is 3. The number of aryl methyl sites for hydroxylation is 2. The van der Waals surface area contributed by atoms with Gasteiger partial charge in [0.25, 0.3) is 0 Å². The van der Waals surface area contributed by atoms with Crippen LogP contribution in [-0.4, -0.2) is 19.6 Å². The predicted molar refractivity (Wildman–Crippen MR) is 239 cm³/mol. The minimum absolute atomic E-state index is 0. The molecule has 60 heavy (non-hydrogen) atoms. The number of phenols is 1. The molecule has 0 radical (unpaired) electrons. The molecule has 0 spiro atoms. The number of hydrogen-bond acceptors (Lipinski definition) is 4. The molecule has 2 bridgehead atoms. The molecule has 3 aliphatic carbocycles. The number of aromatic hydroxyl groups is 1. The van der Waals surface area contributed by atoms with Crippen LogP contribution in [-0.2, 0) is 31.9 Å². The van der Waals surface area contributed by atoms with Crippen LogP contribution in [0.2, 0.25) is 0 Å². The van der Waals surface area contributed by atoms with Gasteiger partial charge >= 0.3 is 0 Å². The van der Waals surface area contributed by atoms with E-state index in [0.29, 0.717) is 28.2 Å². The van der Waals surface area contributed by atoms with Crippen molar-refractivity contribution in [3.05, 3.63) is 177 Å². The zero-order valence-corrected chi connectivity index (χ0v) is 37.4. The van der Waals surface area contributed by atoms with Gasteiger partial charge in [-0.05, 0) is 106 Å². The van der Waals surface area contributed by atoms with E-state index in [2.05, 4.69) is 157 Å². The summed E-state index contributed by atoms with van der Waals surface area (Å²) in [6.45, 7) is 17.7. The first kappa shape index (κ1) is 38.4. The molecule has 0 amide bonds. The number of phenolic OH excluding ortho intramolecular Hbond substituents is 1. The number of para-hydroxylation sites is 2. The maximum absolute atomic E-state index is 12.6. The summed E-state index contributed by atoms with van der Waals surface area (Å²) in [5, 5.41) is 13.5. The average Bonchev–Trinajstić information content (AvgIpc) is 3.78. The average molecular weight is 964 g/mol. The largest absolute Gasteiger partial charge is 0.508 e. The first-order valence-electron chi connectivity index (χ1n) is 20.7. The van der Waals surface area contributed by atoms with Gasteiger partial charge in [-0.1, -0.05) is 125 Å². The van der Waals surface area contributed by atoms with Crippen molar-refractivity contribution in [1.29, 1.82) is 0 Å². The summed E-state index contributed by atoms with van der Waals surface area (Å²) in [5.41, 5.74) is 19.5. The van der Waals surface area contributed by atoms with Crippen LogP contribution >= 0.6 is 0 Å². The number of aromatic nitrogens is 3. The number of pyridine rings is 1. The van der Waals surface area contributed by atoms with Crippen molar-refractivity contribution in [3.8, 4) is 34.1 Å². The van der Waals surface area contributed by atoms with Crippen LogP contribution in [0.25, 0.3) is 61.4 Å².